The van der Waals surface area contributed by atoms with Crippen LogP contribution in [-0.4, -0.2) is 56.9 Å². The maximum Gasteiger partial charge on any atom is 0.219 e. The standard InChI is InChI=1S/C24H24ClN7O/c1-15(29-23-22-21(27-14-28-23)4-3-7-26-22)19-13-17-12-18(25)5-6-20(17)30-24(19)32-10-8-31(9-11-32)16(2)33/h3-7,12-15H,8-11H2,1-2H3,(H,27,28,29)/t15-/m0/s1. The van der Waals surface area contributed by atoms with E-state index in [4.69, 9.17) is 16.6 Å². The fraction of sp³-hybridized carbons (Fsp3) is 0.292. The fourth-order valence-electron chi connectivity index (χ4n) is 4.24. The number of pyridine rings is 2. The van der Waals surface area contributed by atoms with Gasteiger partial charge in [0.1, 0.15) is 17.7 Å². The largest absolute Gasteiger partial charge is 0.361 e. The minimum atomic E-state index is -0.109. The van der Waals surface area contributed by atoms with Crippen molar-refractivity contribution in [3.8, 4) is 0 Å². The van der Waals surface area contributed by atoms with Crippen LogP contribution in [0.5, 0.6) is 0 Å². The molecular formula is C24H24ClN7O. The molecule has 4 heterocycles. The van der Waals surface area contributed by atoms with Crippen molar-refractivity contribution < 1.29 is 4.79 Å². The van der Waals surface area contributed by atoms with Crippen LogP contribution >= 0.6 is 11.6 Å². The highest BCUT2D eigenvalue weighted by Gasteiger charge is 2.24. The lowest BCUT2D eigenvalue weighted by atomic mass is 10.0. The van der Waals surface area contributed by atoms with Crippen LogP contribution in [0.15, 0.2) is 48.9 Å². The summed E-state index contributed by atoms with van der Waals surface area (Å²) in [7, 11) is 0. The molecule has 1 fully saturated rings. The molecule has 9 heteroatoms. The Morgan fingerprint density at radius 3 is 2.67 bits per heavy atom. The van der Waals surface area contributed by atoms with Gasteiger partial charge in [0, 0.05) is 55.3 Å². The van der Waals surface area contributed by atoms with E-state index in [1.165, 1.54) is 0 Å². The molecule has 0 radical (unpaired) electrons. The molecule has 1 atom stereocenters. The number of amides is 1. The number of benzene rings is 1. The third-order valence-corrected chi connectivity index (χ3v) is 6.26. The Labute approximate surface area is 196 Å². The van der Waals surface area contributed by atoms with Gasteiger partial charge >= 0.3 is 0 Å². The Balaban J connectivity index is 1.53. The number of piperazine rings is 1. The Morgan fingerprint density at radius 1 is 1.06 bits per heavy atom. The summed E-state index contributed by atoms with van der Waals surface area (Å²) >= 11 is 6.26. The number of aromatic nitrogens is 4. The van der Waals surface area contributed by atoms with Gasteiger partial charge in [-0.15, -0.1) is 0 Å². The van der Waals surface area contributed by atoms with Crippen LogP contribution in [0.2, 0.25) is 5.02 Å². The first kappa shape index (κ1) is 21.3. The van der Waals surface area contributed by atoms with Crippen molar-refractivity contribution in [2.45, 2.75) is 19.9 Å². The highest BCUT2D eigenvalue weighted by molar-refractivity contribution is 6.31. The zero-order valence-corrected chi connectivity index (χ0v) is 19.3. The van der Waals surface area contributed by atoms with Gasteiger partial charge in [-0.3, -0.25) is 9.78 Å². The molecule has 1 aliphatic heterocycles. The van der Waals surface area contributed by atoms with Gasteiger partial charge in [-0.05, 0) is 43.3 Å². The highest BCUT2D eigenvalue weighted by atomic mass is 35.5. The number of nitrogens with one attached hydrogen (secondary N) is 1. The summed E-state index contributed by atoms with van der Waals surface area (Å²) in [6.45, 7) is 6.51. The number of carbonyl (C=O) groups is 1. The summed E-state index contributed by atoms with van der Waals surface area (Å²) in [6, 6.07) is 11.5. The van der Waals surface area contributed by atoms with Crippen molar-refractivity contribution in [1.82, 2.24) is 24.8 Å². The number of nitrogens with zero attached hydrogens (tertiary/aromatic N) is 6. The molecule has 3 aromatic heterocycles. The average Bonchev–Trinajstić information content (AvgIpc) is 2.83. The molecule has 8 nitrogen and oxygen atoms in total. The maximum atomic E-state index is 11.8. The molecule has 0 bridgehead atoms. The van der Waals surface area contributed by atoms with Crippen molar-refractivity contribution in [2.24, 2.45) is 0 Å². The lowest BCUT2D eigenvalue weighted by Crippen LogP contribution is -2.48. The van der Waals surface area contributed by atoms with Crippen LogP contribution in [0.4, 0.5) is 11.6 Å². The second-order valence-electron chi connectivity index (χ2n) is 8.19. The van der Waals surface area contributed by atoms with Crippen LogP contribution in [-0.2, 0) is 4.79 Å². The number of halogens is 1. The van der Waals surface area contributed by atoms with E-state index in [1.807, 2.05) is 35.2 Å². The van der Waals surface area contributed by atoms with E-state index < -0.39 is 0 Å². The molecule has 1 aromatic carbocycles. The van der Waals surface area contributed by atoms with E-state index in [2.05, 4.69) is 38.2 Å². The quantitative estimate of drug-likeness (QED) is 0.490. The van der Waals surface area contributed by atoms with E-state index in [1.54, 1.807) is 19.4 Å². The number of anilines is 2. The second-order valence-corrected chi connectivity index (χ2v) is 8.63. The molecule has 0 aliphatic carbocycles. The monoisotopic (exact) mass is 461 g/mol. The summed E-state index contributed by atoms with van der Waals surface area (Å²) in [5.74, 6) is 1.68. The molecule has 4 aromatic rings. The molecule has 0 unspecified atom stereocenters. The van der Waals surface area contributed by atoms with E-state index in [0.29, 0.717) is 23.9 Å². The molecule has 33 heavy (non-hydrogen) atoms. The summed E-state index contributed by atoms with van der Waals surface area (Å²) in [5, 5.41) is 5.16. The van der Waals surface area contributed by atoms with Gasteiger partial charge in [0.15, 0.2) is 5.82 Å². The van der Waals surface area contributed by atoms with Gasteiger partial charge in [0.2, 0.25) is 5.91 Å². The van der Waals surface area contributed by atoms with Gasteiger partial charge in [-0.1, -0.05) is 11.6 Å². The minimum Gasteiger partial charge on any atom is -0.361 e. The van der Waals surface area contributed by atoms with E-state index in [0.717, 1.165) is 46.4 Å². The van der Waals surface area contributed by atoms with Gasteiger partial charge in [0.05, 0.1) is 17.1 Å². The normalized spacial score (nSPS) is 15.1. The van der Waals surface area contributed by atoms with Crippen molar-refractivity contribution in [1.29, 1.82) is 0 Å². The molecule has 1 saturated heterocycles. The van der Waals surface area contributed by atoms with E-state index in [9.17, 15) is 4.79 Å². The maximum absolute atomic E-state index is 11.8. The molecule has 5 rings (SSSR count). The predicted octanol–water partition coefficient (Wildman–Crippen LogP) is 4.07. The summed E-state index contributed by atoms with van der Waals surface area (Å²) < 4.78 is 0. The van der Waals surface area contributed by atoms with Crippen molar-refractivity contribution >= 4 is 51.1 Å². The lowest BCUT2D eigenvalue weighted by molar-refractivity contribution is -0.129. The topological polar surface area (TPSA) is 87.1 Å². The molecule has 1 aliphatic rings. The van der Waals surface area contributed by atoms with Crippen LogP contribution < -0.4 is 10.2 Å². The first-order valence-corrected chi connectivity index (χ1v) is 11.3. The number of carbonyl (C=O) groups excluding carboxylic acids is 1. The van der Waals surface area contributed by atoms with Gasteiger partial charge in [-0.2, -0.15) is 0 Å². The molecule has 1 N–H and O–H groups in total. The van der Waals surface area contributed by atoms with Gasteiger partial charge < -0.3 is 15.1 Å². The molecular weight excluding hydrogens is 438 g/mol. The van der Waals surface area contributed by atoms with Crippen LogP contribution in [0.1, 0.15) is 25.5 Å². The summed E-state index contributed by atoms with van der Waals surface area (Å²) in [4.78, 5) is 34.1. The van der Waals surface area contributed by atoms with E-state index >= 15 is 0 Å². The lowest BCUT2D eigenvalue weighted by Gasteiger charge is -2.36. The first-order chi connectivity index (χ1) is 16.0. The van der Waals surface area contributed by atoms with Crippen molar-refractivity contribution in [2.75, 3.05) is 36.4 Å². The first-order valence-electron chi connectivity index (χ1n) is 10.9. The fourth-order valence-corrected chi connectivity index (χ4v) is 4.42. The SMILES string of the molecule is CC(=O)N1CCN(c2nc3ccc(Cl)cc3cc2[C@H](C)Nc2ncnc3cccnc23)CC1. The number of hydrogen-bond donors (Lipinski definition) is 1. The molecule has 0 saturated carbocycles. The minimum absolute atomic E-state index is 0.106. The molecule has 1 amide bonds. The molecule has 168 valence electrons. The van der Waals surface area contributed by atoms with Crippen LogP contribution in [0.25, 0.3) is 21.9 Å². The van der Waals surface area contributed by atoms with Gasteiger partial charge in [-0.25, -0.2) is 15.0 Å². The summed E-state index contributed by atoms with van der Waals surface area (Å²) in [6.07, 6.45) is 3.28. The Bertz CT molecular complexity index is 1330. The van der Waals surface area contributed by atoms with Crippen LogP contribution in [0, 0.1) is 0 Å². The van der Waals surface area contributed by atoms with Gasteiger partial charge in [0.25, 0.3) is 0 Å². The number of rotatable bonds is 4. The predicted molar refractivity (Wildman–Crippen MR) is 131 cm³/mol. The molecule has 0 spiro atoms. The summed E-state index contributed by atoms with van der Waals surface area (Å²) in [5.41, 5.74) is 3.42. The Hall–Kier alpha value is -3.52. The average molecular weight is 462 g/mol. The Morgan fingerprint density at radius 2 is 1.88 bits per heavy atom. The van der Waals surface area contributed by atoms with Crippen LogP contribution in [0.3, 0.4) is 0 Å². The second kappa shape index (κ2) is 8.78. The zero-order valence-electron chi connectivity index (χ0n) is 18.5. The zero-order chi connectivity index (χ0) is 22.9. The smallest absolute Gasteiger partial charge is 0.219 e. The van der Waals surface area contributed by atoms with E-state index in [-0.39, 0.29) is 11.9 Å². The number of hydrogen-bond acceptors (Lipinski definition) is 7. The van der Waals surface area contributed by atoms with Crippen molar-refractivity contribution in [3.63, 3.8) is 0 Å². The highest BCUT2D eigenvalue weighted by Crippen LogP contribution is 2.32. The van der Waals surface area contributed by atoms with Crippen molar-refractivity contribution in [3.05, 3.63) is 59.5 Å². The Kier molecular flexibility index (Phi) is 5.68. The number of fused-ring (bicyclic) bond motifs is 2. The third kappa shape index (κ3) is 4.26. The third-order valence-electron chi connectivity index (χ3n) is 6.02.